The van der Waals surface area contributed by atoms with Gasteiger partial charge in [0, 0.05) is 23.8 Å². The Bertz CT molecular complexity index is 555. The molecular formula is C20H30N2. The van der Waals surface area contributed by atoms with Gasteiger partial charge in [0.05, 0.1) is 0 Å². The first-order valence-electron chi connectivity index (χ1n) is 8.89. The zero-order chi connectivity index (χ0) is 15.7. The summed E-state index contributed by atoms with van der Waals surface area (Å²) < 4.78 is 0. The van der Waals surface area contributed by atoms with E-state index in [2.05, 4.69) is 49.7 Å². The highest BCUT2D eigenvalue weighted by atomic mass is 15.2. The molecule has 2 aliphatic rings. The SMILES string of the molecule is C=C1c2cc(C)c(CC(C)CC)cc2CN1C1CCNCC1. The summed E-state index contributed by atoms with van der Waals surface area (Å²) in [5.41, 5.74) is 7.11. The number of nitrogens with zero attached hydrogens (tertiary/aromatic N) is 1. The van der Waals surface area contributed by atoms with Crippen molar-refractivity contribution in [2.24, 2.45) is 5.92 Å². The number of piperidine rings is 1. The Morgan fingerprint density at radius 1 is 1.32 bits per heavy atom. The highest BCUT2D eigenvalue weighted by molar-refractivity contribution is 5.70. The lowest BCUT2D eigenvalue weighted by molar-refractivity contribution is 0.243. The van der Waals surface area contributed by atoms with Gasteiger partial charge in [0.15, 0.2) is 0 Å². The van der Waals surface area contributed by atoms with Crippen molar-refractivity contribution in [3.8, 4) is 0 Å². The van der Waals surface area contributed by atoms with Crippen LogP contribution in [-0.4, -0.2) is 24.0 Å². The fourth-order valence-electron chi connectivity index (χ4n) is 3.84. The lowest BCUT2D eigenvalue weighted by Gasteiger charge is -2.33. The molecule has 1 aromatic rings. The lowest BCUT2D eigenvalue weighted by Crippen LogP contribution is -2.39. The van der Waals surface area contributed by atoms with Gasteiger partial charge in [-0.05, 0) is 68.0 Å². The second-order valence-electron chi connectivity index (χ2n) is 7.21. The van der Waals surface area contributed by atoms with Crippen LogP contribution in [0.1, 0.15) is 55.4 Å². The van der Waals surface area contributed by atoms with Gasteiger partial charge in [0.25, 0.3) is 0 Å². The number of hydrogen-bond acceptors (Lipinski definition) is 2. The fraction of sp³-hybridized carbons (Fsp3) is 0.600. The molecule has 120 valence electrons. The van der Waals surface area contributed by atoms with E-state index >= 15 is 0 Å². The third-order valence-corrected chi connectivity index (χ3v) is 5.57. The minimum atomic E-state index is 0.666. The van der Waals surface area contributed by atoms with Crippen LogP contribution in [0.2, 0.25) is 0 Å². The van der Waals surface area contributed by atoms with Crippen LogP contribution >= 0.6 is 0 Å². The highest BCUT2D eigenvalue weighted by Crippen LogP contribution is 2.37. The van der Waals surface area contributed by atoms with Gasteiger partial charge in [-0.15, -0.1) is 0 Å². The maximum Gasteiger partial charge on any atom is 0.0439 e. The molecule has 2 heterocycles. The van der Waals surface area contributed by atoms with Crippen molar-refractivity contribution in [1.82, 2.24) is 10.2 Å². The van der Waals surface area contributed by atoms with E-state index in [-0.39, 0.29) is 0 Å². The van der Waals surface area contributed by atoms with Gasteiger partial charge in [-0.1, -0.05) is 32.9 Å². The van der Waals surface area contributed by atoms with Crippen LogP contribution in [0.3, 0.4) is 0 Å². The number of hydrogen-bond donors (Lipinski definition) is 1. The Kier molecular flexibility index (Phi) is 4.58. The molecule has 0 aliphatic carbocycles. The van der Waals surface area contributed by atoms with Crippen molar-refractivity contribution in [3.05, 3.63) is 41.0 Å². The van der Waals surface area contributed by atoms with Gasteiger partial charge in [0.2, 0.25) is 0 Å². The largest absolute Gasteiger partial charge is 0.364 e. The zero-order valence-corrected chi connectivity index (χ0v) is 14.4. The molecule has 1 unspecified atom stereocenters. The maximum atomic E-state index is 4.41. The minimum absolute atomic E-state index is 0.666. The molecule has 1 aromatic carbocycles. The average Bonchev–Trinajstić information content (AvgIpc) is 2.85. The van der Waals surface area contributed by atoms with Crippen LogP contribution in [0.15, 0.2) is 18.7 Å². The predicted octanol–water partition coefficient (Wildman–Crippen LogP) is 4.12. The Morgan fingerprint density at radius 3 is 2.73 bits per heavy atom. The molecule has 0 saturated carbocycles. The predicted molar refractivity (Wildman–Crippen MR) is 94.8 cm³/mol. The number of rotatable bonds is 4. The van der Waals surface area contributed by atoms with Gasteiger partial charge < -0.3 is 10.2 Å². The van der Waals surface area contributed by atoms with Crippen LogP contribution in [0.4, 0.5) is 0 Å². The molecule has 1 N–H and O–H groups in total. The minimum Gasteiger partial charge on any atom is -0.364 e. The molecule has 0 bridgehead atoms. The first kappa shape index (κ1) is 15.6. The van der Waals surface area contributed by atoms with E-state index < -0.39 is 0 Å². The Labute approximate surface area is 135 Å². The van der Waals surface area contributed by atoms with Gasteiger partial charge in [-0.2, -0.15) is 0 Å². The van der Waals surface area contributed by atoms with Crippen molar-refractivity contribution in [2.45, 2.75) is 59.0 Å². The summed E-state index contributed by atoms with van der Waals surface area (Å²) in [6.07, 6.45) is 4.94. The van der Waals surface area contributed by atoms with Gasteiger partial charge in [0.1, 0.15) is 0 Å². The molecule has 1 fully saturated rings. The second kappa shape index (κ2) is 6.45. The summed E-state index contributed by atoms with van der Waals surface area (Å²) in [7, 11) is 0. The van der Waals surface area contributed by atoms with E-state index in [9.17, 15) is 0 Å². The normalized spacial score (nSPS) is 20.3. The number of aryl methyl sites for hydroxylation is 1. The molecule has 0 aromatic heterocycles. The summed E-state index contributed by atoms with van der Waals surface area (Å²) in [6, 6.07) is 5.51. The van der Waals surface area contributed by atoms with E-state index in [0.29, 0.717) is 6.04 Å². The van der Waals surface area contributed by atoms with E-state index in [1.54, 1.807) is 0 Å². The van der Waals surface area contributed by atoms with Gasteiger partial charge >= 0.3 is 0 Å². The average molecular weight is 298 g/mol. The molecule has 0 amide bonds. The lowest BCUT2D eigenvalue weighted by atomic mass is 9.92. The van der Waals surface area contributed by atoms with Gasteiger partial charge in [-0.3, -0.25) is 0 Å². The third kappa shape index (κ3) is 2.94. The summed E-state index contributed by atoms with van der Waals surface area (Å²) >= 11 is 0. The van der Waals surface area contributed by atoms with E-state index in [1.165, 1.54) is 53.6 Å². The Hall–Kier alpha value is -1.28. The molecule has 22 heavy (non-hydrogen) atoms. The third-order valence-electron chi connectivity index (χ3n) is 5.57. The number of nitrogens with one attached hydrogen (secondary N) is 1. The van der Waals surface area contributed by atoms with E-state index in [1.807, 2.05) is 0 Å². The first-order chi connectivity index (χ1) is 10.6. The molecule has 2 aliphatic heterocycles. The van der Waals surface area contributed by atoms with Crippen molar-refractivity contribution >= 4 is 5.70 Å². The summed E-state index contributed by atoms with van der Waals surface area (Å²) in [4.78, 5) is 2.55. The molecule has 2 heteroatoms. The number of benzene rings is 1. The molecular weight excluding hydrogens is 268 g/mol. The molecule has 2 nitrogen and oxygen atoms in total. The summed E-state index contributed by atoms with van der Waals surface area (Å²) in [5.74, 6) is 0.766. The highest BCUT2D eigenvalue weighted by Gasteiger charge is 2.29. The van der Waals surface area contributed by atoms with Crippen molar-refractivity contribution in [2.75, 3.05) is 13.1 Å². The fourth-order valence-corrected chi connectivity index (χ4v) is 3.84. The summed E-state index contributed by atoms with van der Waals surface area (Å²) in [5, 5.41) is 3.46. The van der Waals surface area contributed by atoms with Gasteiger partial charge in [-0.25, -0.2) is 0 Å². The van der Waals surface area contributed by atoms with Crippen LogP contribution in [-0.2, 0) is 13.0 Å². The maximum absolute atomic E-state index is 4.41. The van der Waals surface area contributed by atoms with E-state index in [0.717, 1.165) is 25.6 Å². The zero-order valence-electron chi connectivity index (χ0n) is 14.4. The monoisotopic (exact) mass is 298 g/mol. The molecule has 3 rings (SSSR count). The van der Waals surface area contributed by atoms with Crippen molar-refractivity contribution < 1.29 is 0 Å². The molecule has 1 atom stereocenters. The second-order valence-corrected chi connectivity index (χ2v) is 7.21. The molecule has 1 saturated heterocycles. The molecule has 0 radical (unpaired) electrons. The molecule has 0 spiro atoms. The topological polar surface area (TPSA) is 15.3 Å². The quantitative estimate of drug-likeness (QED) is 0.899. The smallest absolute Gasteiger partial charge is 0.0439 e. The van der Waals surface area contributed by atoms with Crippen molar-refractivity contribution in [3.63, 3.8) is 0 Å². The van der Waals surface area contributed by atoms with Crippen LogP contribution in [0.5, 0.6) is 0 Å². The van der Waals surface area contributed by atoms with Crippen LogP contribution in [0.25, 0.3) is 5.70 Å². The number of fused-ring (bicyclic) bond motifs is 1. The van der Waals surface area contributed by atoms with Crippen LogP contribution in [0, 0.1) is 12.8 Å². The van der Waals surface area contributed by atoms with Crippen molar-refractivity contribution in [1.29, 1.82) is 0 Å². The first-order valence-corrected chi connectivity index (χ1v) is 8.89. The Balaban J connectivity index is 1.82. The standard InChI is InChI=1S/C20H30N2/c1-5-14(2)10-17-12-18-13-22(19-6-8-21-9-7-19)16(4)20(18)11-15(17)3/h11-12,14,19,21H,4-10,13H2,1-3H3. The Morgan fingerprint density at radius 2 is 2.05 bits per heavy atom. The van der Waals surface area contributed by atoms with Crippen LogP contribution < -0.4 is 5.32 Å². The van der Waals surface area contributed by atoms with E-state index in [4.69, 9.17) is 0 Å². The summed E-state index contributed by atoms with van der Waals surface area (Å²) in [6.45, 7) is 14.7.